The standard InChI is InChI=1S/C14H22ClN3/c15-13-11-12(16)5-6-14(13)17-7-10-18-8-3-1-2-4-9-18/h5-6,11,17H,1-4,7-10,16H2. The average Bonchev–Trinajstić information content (AvgIpc) is 2.60. The molecule has 100 valence electrons. The van der Waals surface area contributed by atoms with Crippen molar-refractivity contribution in [3.63, 3.8) is 0 Å². The van der Waals surface area contributed by atoms with Crippen molar-refractivity contribution in [2.75, 3.05) is 37.2 Å². The molecule has 0 atom stereocenters. The largest absolute Gasteiger partial charge is 0.399 e. The van der Waals surface area contributed by atoms with Crippen LogP contribution < -0.4 is 11.1 Å². The lowest BCUT2D eigenvalue weighted by Gasteiger charge is -2.20. The van der Waals surface area contributed by atoms with Crippen LogP contribution in [0.2, 0.25) is 5.02 Å². The van der Waals surface area contributed by atoms with Crippen LogP contribution in [0.4, 0.5) is 11.4 Å². The van der Waals surface area contributed by atoms with Gasteiger partial charge in [-0.2, -0.15) is 0 Å². The molecule has 0 spiro atoms. The van der Waals surface area contributed by atoms with Gasteiger partial charge in [0, 0.05) is 18.8 Å². The van der Waals surface area contributed by atoms with Crippen LogP contribution in [0.1, 0.15) is 25.7 Å². The number of anilines is 2. The molecule has 18 heavy (non-hydrogen) atoms. The van der Waals surface area contributed by atoms with E-state index in [1.54, 1.807) is 6.07 Å². The van der Waals surface area contributed by atoms with Crippen LogP contribution in [-0.2, 0) is 0 Å². The summed E-state index contributed by atoms with van der Waals surface area (Å²) in [5.41, 5.74) is 7.35. The van der Waals surface area contributed by atoms with Crippen LogP contribution in [0.25, 0.3) is 0 Å². The summed E-state index contributed by atoms with van der Waals surface area (Å²) in [7, 11) is 0. The Labute approximate surface area is 114 Å². The molecule has 0 aromatic heterocycles. The normalized spacial score (nSPS) is 17.4. The predicted octanol–water partition coefficient (Wildman–Crippen LogP) is 3.21. The number of hydrogen-bond acceptors (Lipinski definition) is 3. The van der Waals surface area contributed by atoms with Crippen molar-refractivity contribution in [1.29, 1.82) is 0 Å². The van der Waals surface area contributed by atoms with Gasteiger partial charge in [-0.15, -0.1) is 0 Å². The second-order valence-electron chi connectivity index (χ2n) is 4.92. The number of hydrogen-bond donors (Lipinski definition) is 2. The molecule has 3 N–H and O–H groups in total. The van der Waals surface area contributed by atoms with Crippen LogP contribution in [0, 0.1) is 0 Å². The van der Waals surface area contributed by atoms with Gasteiger partial charge in [0.05, 0.1) is 10.7 Å². The maximum absolute atomic E-state index is 6.12. The third kappa shape index (κ3) is 4.07. The topological polar surface area (TPSA) is 41.3 Å². The zero-order chi connectivity index (χ0) is 12.8. The summed E-state index contributed by atoms with van der Waals surface area (Å²) >= 11 is 6.12. The van der Waals surface area contributed by atoms with E-state index in [-0.39, 0.29) is 0 Å². The van der Waals surface area contributed by atoms with Crippen molar-refractivity contribution < 1.29 is 0 Å². The van der Waals surface area contributed by atoms with Crippen LogP contribution in [0.5, 0.6) is 0 Å². The van der Waals surface area contributed by atoms with Crippen molar-refractivity contribution in [3.05, 3.63) is 23.2 Å². The number of nitrogens with zero attached hydrogens (tertiary/aromatic N) is 1. The molecule has 0 amide bonds. The molecule has 1 aliphatic rings. The van der Waals surface area contributed by atoms with E-state index in [2.05, 4.69) is 10.2 Å². The Morgan fingerprint density at radius 3 is 2.56 bits per heavy atom. The number of nitrogen functional groups attached to an aromatic ring is 1. The molecule has 0 bridgehead atoms. The van der Waals surface area contributed by atoms with E-state index in [1.165, 1.54) is 38.8 Å². The van der Waals surface area contributed by atoms with Crippen LogP contribution in [0.15, 0.2) is 18.2 Å². The van der Waals surface area contributed by atoms with Crippen LogP contribution in [-0.4, -0.2) is 31.1 Å². The fourth-order valence-electron chi connectivity index (χ4n) is 2.38. The van der Waals surface area contributed by atoms with Crippen molar-refractivity contribution in [2.45, 2.75) is 25.7 Å². The van der Waals surface area contributed by atoms with Gasteiger partial charge in [-0.25, -0.2) is 0 Å². The third-order valence-corrected chi connectivity index (χ3v) is 3.75. The van der Waals surface area contributed by atoms with Gasteiger partial charge in [-0.3, -0.25) is 0 Å². The smallest absolute Gasteiger partial charge is 0.0657 e. The second-order valence-corrected chi connectivity index (χ2v) is 5.33. The van der Waals surface area contributed by atoms with Crippen LogP contribution in [0.3, 0.4) is 0 Å². The van der Waals surface area contributed by atoms with E-state index in [0.717, 1.165) is 18.8 Å². The second kappa shape index (κ2) is 6.86. The van der Waals surface area contributed by atoms with E-state index in [9.17, 15) is 0 Å². The molecule has 1 aliphatic heterocycles. The van der Waals surface area contributed by atoms with Gasteiger partial charge >= 0.3 is 0 Å². The minimum absolute atomic E-state index is 0.700. The number of nitrogens with one attached hydrogen (secondary N) is 1. The monoisotopic (exact) mass is 267 g/mol. The number of likely N-dealkylation sites (tertiary alicyclic amines) is 1. The summed E-state index contributed by atoms with van der Waals surface area (Å²) in [5.74, 6) is 0. The van der Waals surface area contributed by atoms with Crippen molar-refractivity contribution in [2.24, 2.45) is 0 Å². The van der Waals surface area contributed by atoms with Gasteiger partial charge < -0.3 is 16.0 Å². The molecule has 1 aromatic carbocycles. The first-order valence-electron chi connectivity index (χ1n) is 6.77. The van der Waals surface area contributed by atoms with Gasteiger partial charge in [0.15, 0.2) is 0 Å². The zero-order valence-corrected chi connectivity index (χ0v) is 11.5. The summed E-state index contributed by atoms with van der Waals surface area (Å²) < 4.78 is 0. The molecule has 1 saturated heterocycles. The summed E-state index contributed by atoms with van der Waals surface area (Å²) in [6.45, 7) is 4.48. The first-order chi connectivity index (χ1) is 8.75. The quantitative estimate of drug-likeness (QED) is 0.823. The first kappa shape index (κ1) is 13.5. The van der Waals surface area contributed by atoms with E-state index in [4.69, 9.17) is 17.3 Å². The predicted molar refractivity (Wildman–Crippen MR) is 79.3 cm³/mol. The van der Waals surface area contributed by atoms with Gasteiger partial charge in [0.1, 0.15) is 0 Å². The molecule has 1 heterocycles. The third-order valence-electron chi connectivity index (χ3n) is 3.44. The number of halogens is 1. The summed E-state index contributed by atoms with van der Waals surface area (Å²) in [6, 6.07) is 5.61. The highest BCUT2D eigenvalue weighted by Gasteiger charge is 2.08. The van der Waals surface area contributed by atoms with Crippen molar-refractivity contribution >= 4 is 23.0 Å². The fourth-order valence-corrected chi connectivity index (χ4v) is 2.64. The molecule has 0 saturated carbocycles. The Morgan fingerprint density at radius 1 is 1.17 bits per heavy atom. The number of nitrogens with two attached hydrogens (primary N) is 1. The Hall–Kier alpha value is -0.930. The maximum Gasteiger partial charge on any atom is 0.0657 e. The minimum Gasteiger partial charge on any atom is -0.399 e. The van der Waals surface area contributed by atoms with Crippen molar-refractivity contribution in [1.82, 2.24) is 4.90 Å². The number of benzene rings is 1. The highest BCUT2D eigenvalue weighted by atomic mass is 35.5. The van der Waals surface area contributed by atoms with Gasteiger partial charge in [0.25, 0.3) is 0 Å². The highest BCUT2D eigenvalue weighted by Crippen LogP contribution is 2.23. The Balaban J connectivity index is 1.77. The molecule has 0 radical (unpaired) electrons. The lowest BCUT2D eigenvalue weighted by Crippen LogP contribution is -2.30. The average molecular weight is 268 g/mol. The fraction of sp³-hybridized carbons (Fsp3) is 0.571. The Morgan fingerprint density at radius 2 is 1.89 bits per heavy atom. The maximum atomic E-state index is 6.12. The Bertz CT molecular complexity index is 373. The summed E-state index contributed by atoms with van der Waals surface area (Å²) in [5, 5.41) is 4.08. The van der Waals surface area contributed by atoms with E-state index >= 15 is 0 Å². The van der Waals surface area contributed by atoms with E-state index in [1.807, 2.05) is 12.1 Å². The molecule has 0 aliphatic carbocycles. The lowest BCUT2D eigenvalue weighted by atomic mass is 10.2. The molecule has 2 rings (SSSR count). The molecular formula is C14H22ClN3. The highest BCUT2D eigenvalue weighted by molar-refractivity contribution is 6.33. The summed E-state index contributed by atoms with van der Waals surface area (Å²) in [4.78, 5) is 2.53. The van der Waals surface area contributed by atoms with E-state index in [0.29, 0.717) is 10.7 Å². The molecule has 3 nitrogen and oxygen atoms in total. The van der Waals surface area contributed by atoms with Crippen LogP contribution >= 0.6 is 11.6 Å². The first-order valence-corrected chi connectivity index (χ1v) is 7.15. The molecule has 0 unspecified atom stereocenters. The molecule has 1 fully saturated rings. The van der Waals surface area contributed by atoms with Gasteiger partial charge in [0.2, 0.25) is 0 Å². The van der Waals surface area contributed by atoms with Crippen molar-refractivity contribution in [3.8, 4) is 0 Å². The molecular weight excluding hydrogens is 246 g/mol. The summed E-state index contributed by atoms with van der Waals surface area (Å²) in [6.07, 6.45) is 5.44. The zero-order valence-electron chi connectivity index (χ0n) is 10.8. The molecule has 4 heteroatoms. The molecule has 1 aromatic rings. The number of rotatable bonds is 4. The minimum atomic E-state index is 0.700. The van der Waals surface area contributed by atoms with E-state index < -0.39 is 0 Å². The Kier molecular flexibility index (Phi) is 5.14. The van der Waals surface area contributed by atoms with Gasteiger partial charge in [-0.05, 0) is 44.1 Å². The SMILES string of the molecule is Nc1ccc(NCCN2CCCCCC2)c(Cl)c1. The van der Waals surface area contributed by atoms with Gasteiger partial charge in [-0.1, -0.05) is 24.4 Å². The lowest BCUT2D eigenvalue weighted by molar-refractivity contribution is 0.296.